The van der Waals surface area contributed by atoms with E-state index in [1.54, 1.807) is 0 Å². The quantitative estimate of drug-likeness (QED) is 0.878. The fourth-order valence-corrected chi connectivity index (χ4v) is 2.39. The first kappa shape index (κ1) is 14.1. The Morgan fingerprint density at radius 3 is 3.00 bits per heavy atom. The van der Waals surface area contributed by atoms with Gasteiger partial charge in [0.15, 0.2) is 0 Å². The van der Waals surface area contributed by atoms with E-state index in [1.165, 1.54) is 19.3 Å². The van der Waals surface area contributed by atoms with Gasteiger partial charge in [-0.25, -0.2) is 4.98 Å². The van der Waals surface area contributed by atoms with Crippen LogP contribution in [0.25, 0.3) is 0 Å². The summed E-state index contributed by atoms with van der Waals surface area (Å²) in [7, 11) is 4.14. The van der Waals surface area contributed by atoms with Crippen LogP contribution >= 0.6 is 0 Å². The average Bonchev–Trinajstić information content (AvgIpc) is 2.39. The van der Waals surface area contributed by atoms with Crippen molar-refractivity contribution in [3.05, 3.63) is 12.3 Å². The zero-order valence-electron chi connectivity index (χ0n) is 12.3. The van der Waals surface area contributed by atoms with Gasteiger partial charge in [-0.2, -0.15) is 4.98 Å². The first-order valence-corrected chi connectivity index (χ1v) is 7.15. The highest BCUT2D eigenvalue weighted by atomic mass is 15.3. The topological polar surface area (TPSA) is 44.3 Å². The van der Waals surface area contributed by atoms with E-state index in [-0.39, 0.29) is 0 Å². The average molecular weight is 263 g/mol. The fourth-order valence-electron chi connectivity index (χ4n) is 2.39. The van der Waals surface area contributed by atoms with Crippen molar-refractivity contribution in [2.24, 2.45) is 0 Å². The lowest BCUT2D eigenvalue weighted by molar-refractivity contribution is 0.425. The van der Waals surface area contributed by atoms with Crippen molar-refractivity contribution in [1.29, 1.82) is 0 Å². The van der Waals surface area contributed by atoms with Gasteiger partial charge in [0.1, 0.15) is 5.82 Å². The minimum Gasteiger partial charge on any atom is -0.369 e. The first-order chi connectivity index (χ1) is 9.16. The first-order valence-electron chi connectivity index (χ1n) is 7.15. The molecule has 2 rings (SSSR count). The largest absolute Gasteiger partial charge is 0.369 e. The van der Waals surface area contributed by atoms with Crippen molar-refractivity contribution in [3.63, 3.8) is 0 Å². The molecule has 1 aliphatic rings. The second-order valence-corrected chi connectivity index (χ2v) is 5.51. The second-order valence-electron chi connectivity index (χ2n) is 5.51. The maximum absolute atomic E-state index is 4.63. The molecular weight excluding hydrogens is 238 g/mol. The molecule has 5 heteroatoms. The van der Waals surface area contributed by atoms with Crippen molar-refractivity contribution in [2.75, 3.05) is 43.9 Å². The molecule has 1 unspecified atom stereocenters. The smallest absolute Gasteiger partial charge is 0.227 e. The molecule has 1 aromatic rings. The van der Waals surface area contributed by atoms with E-state index < -0.39 is 0 Å². The Morgan fingerprint density at radius 1 is 1.42 bits per heavy atom. The van der Waals surface area contributed by atoms with E-state index in [0.29, 0.717) is 6.04 Å². The molecule has 0 aliphatic carbocycles. The van der Waals surface area contributed by atoms with Gasteiger partial charge >= 0.3 is 0 Å². The van der Waals surface area contributed by atoms with Crippen LogP contribution in [0.5, 0.6) is 0 Å². The normalized spacial score (nSPS) is 19.8. The van der Waals surface area contributed by atoms with Crippen LogP contribution in [0.3, 0.4) is 0 Å². The Bertz CT molecular complexity index is 393. The lowest BCUT2D eigenvalue weighted by Crippen LogP contribution is -2.38. The molecule has 1 N–H and O–H groups in total. The summed E-state index contributed by atoms with van der Waals surface area (Å²) in [4.78, 5) is 13.5. The molecule has 1 aromatic heterocycles. The number of anilines is 2. The van der Waals surface area contributed by atoms with Crippen LogP contribution in [0.1, 0.15) is 26.2 Å². The van der Waals surface area contributed by atoms with Crippen LogP contribution in [-0.2, 0) is 0 Å². The monoisotopic (exact) mass is 263 g/mol. The standard InChI is InChI=1S/C14H25N5/c1-12-6-4-5-10-19(12)14-16-8-7-13(17-14)15-9-11-18(2)3/h7-8,12H,4-6,9-11H2,1-3H3,(H,15,16,17). The van der Waals surface area contributed by atoms with Crippen molar-refractivity contribution in [1.82, 2.24) is 14.9 Å². The SMILES string of the molecule is CC1CCCCN1c1nccc(NCCN(C)C)n1. The molecule has 0 bridgehead atoms. The molecule has 1 fully saturated rings. The highest BCUT2D eigenvalue weighted by Gasteiger charge is 2.20. The van der Waals surface area contributed by atoms with Crippen molar-refractivity contribution in [2.45, 2.75) is 32.2 Å². The number of aromatic nitrogens is 2. The minimum atomic E-state index is 0.547. The lowest BCUT2D eigenvalue weighted by Gasteiger charge is -2.33. The molecule has 5 nitrogen and oxygen atoms in total. The molecule has 0 amide bonds. The molecule has 0 spiro atoms. The number of nitrogens with zero attached hydrogens (tertiary/aromatic N) is 4. The van der Waals surface area contributed by atoms with E-state index >= 15 is 0 Å². The number of likely N-dealkylation sites (N-methyl/N-ethyl adjacent to an activating group) is 1. The summed E-state index contributed by atoms with van der Waals surface area (Å²) in [5.74, 6) is 1.78. The van der Waals surface area contributed by atoms with Gasteiger partial charge in [0, 0.05) is 31.9 Å². The summed E-state index contributed by atoms with van der Waals surface area (Å²) >= 11 is 0. The Balaban J connectivity index is 1.98. The fraction of sp³-hybridized carbons (Fsp3) is 0.714. The summed E-state index contributed by atoms with van der Waals surface area (Å²) in [5, 5.41) is 3.35. The third kappa shape index (κ3) is 4.06. The minimum absolute atomic E-state index is 0.547. The lowest BCUT2D eigenvalue weighted by atomic mass is 10.0. The molecule has 2 heterocycles. The Morgan fingerprint density at radius 2 is 2.26 bits per heavy atom. The van der Waals surface area contributed by atoms with Gasteiger partial charge < -0.3 is 15.1 Å². The Kier molecular flexibility index (Phi) is 4.96. The van der Waals surface area contributed by atoms with E-state index in [2.05, 4.69) is 46.1 Å². The zero-order chi connectivity index (χ0) is 13.7. The van der Waals surface area contributed by atoms with Gasteiger partial charge in [-0.05, 0) is 46.3 Å². The van der Waals surface area contributed by atoms with Crippen LogP contribution in [0, 0.1) is 0 Å². The van der Waals surface area contributed by atoms with E-state index in [0.717, 1.165) is 31.4 Å². The third-order valence-electron chi connectivity index (χ3n) is 3.57. The summed E-state index contributed by atoms with van der Waals surface area (Å²) in [6, 6.07) is 2.49. The van der Waals surface area contributed by atoms with E-state index in [1.807, 2.05) is 12.3 Å². The maximum atomic E-state index is 4.63. The predicted octanol–water partition coefficient (Wildman–Crippen LogP) is 1.83. The zero-order valence-corrected chi connectivity index (χ0v) is 12.3. The summed E-state index contributed by atoms with van der Waals surface area (Å²) in [5.41, 5.74) is 0. The molecular formula is C14H25N5. The van der Waals surface area contributed by atoms with Gasteiger partial charge in [0.2, 0.25) is 5.95 Å². The molecule has 19 heavy (non-hydrogen) atoms. The van der Waals surface area contributed by atoms with Crippen LogP contribution in [0.15, 0.2) is 12.3 Å². The Labute approximate surface area is 116 Å². The van der Waals surface area contributed by atoms with Gasteiger partial charge in [-0.15, -0.1) is 0 Å². The van der Waals surface area contributed by atoms with Crippen LogP contribution in [-0.4, -0.2) is 54.6 Å². The summed E-state index contributed by atoms with van der Waals surface area (Å²) in [6.45, 7) is 5.23. The second kappa shape index (κ2) is 6.70. The third-order valence-corrected chi connectivity index (χ3v) is 3.57. The molecule has 0 saturated carbocycles. The highest BCUT2D eigenvalue weighted by molar-refractivity contribution is 5.42. The number of nitrogens with one attached hydrogen (secondary N) is 1. The molecule has 1 saturated heterocycles. The number of hydrogen-bond acceptors (Lipinski definition) is 5. The maximum Gasteiger partial charge on any atom is 0.227 e. The Hall–Kier alpha value is -1.36. The summed E-state index contributed by atoms with van der Waals surface area (Å²) in [6.07, 6.45) is 5.65. The van der Waals surface area contributed by atoms with Crippen molar-refractivity contribution >= 4 is 11.8 Å². The number of rotatable bonds is 5. The number of hydrogen-bond donors (Lipinski definition) is 1. The van der Waals surface area contributed by atoms with Crippen LogP contribution in [0.4, 0.5) is 11.8 Å². The van der Waals surface area contributed by atoms with Crippen molar-refractivity contribution < 1.29 is 0 Å². The number of piperidine rings is 1. The van der Waals surface area contributed by atoms with Crippen LogP contribution in [0.2, 0.25) is 0 Å². The molecule has 0 aromatic carbocycles. The van der Waals surface area contributed by atoms with E-state index in [9.17, 15) is 0 Å². The summed E-state index contributed by atoms with van der Waals surface area (Å²) < 4.78 is 0. The molecule has 1 atom stereocenters. The highest BCUT2D eigenvalue weighted by Crippen LogP contribution is 2.21. The molecule has 106 valence electrons. The van der Waals surface area contributed by atoms with Gasteiger partial charge in [0.25, 0.3) is 0 Å². The van der Waals surface area contributed by atoms with Gasteiger partial charge in [0.05, 0.1) is 0 Å². The molecule has 1 aliphatic heterocycles. The van der Waals surface area contributed by atoms with Gasteiger partial charge in [-0.1, -0.05) is 0 Å². The molecule has 0 radical (unpaired) electrons. The van der Waals surface area contributed by atoms with Gasteiger partial charge in [-0.3, -0.25) is 0 Å². The van der Waals surface area contributed by atoms with Crippen LogP contribution < -0.4 is 10.2 Å². The van der Waals surface area contributed by atoms with Crippen molar-refractivity contribution in [3.8, 4) is 0 Å². The predicted molar refractivity (Wildman–Crippen MR) is 79.7 cm³/mol. The van der Waals surface area contributed by atoms with E-state index in [4.69, 9.17) is 0 Å².